The third-order valence-corrected chi connectivity index (χ3v) is 11.5. The topological polar surface area (TPSA) is 21.9 Å². The zero-order valence-electron chi connectivity index (χ0n) is 28.2. The van der Waals surface area contributed by atoms with Crippen molar-refractivity contribution in [2.24, 2.45) is 0 Å². The minimum absolute atomic E-state index is 0.225. The maximum atomic E-state index is 3.54. The Morgan fingerprint density at radius 2 is 1.21 bits per heavy atom. The van der Waals surface area contributed by atoms with Crippen molar-refractivity contribution in [2.75, 3.05) is 0 Å². The van der Waals surface area contributed by atoms with E-state index < -0.39 is 0 Å². The highest BCUT2D eigenvalue weighted by atomic mass is 15.0. The smallest absolute Gasteiger partial charge is 0.0707 e. The molecule has 0 bridgehead atoms. The third-order valence-electron chi connectivity index (χ3n) is 11.5. The molecular formula is C49H31N3. The molecule has 3 nitrogen and oxygen atoms in total. The maximum Gasteiger partial charge on any atom is 0.0707 e. The van der Waals surface area contributed by atoms with Gasteiger partial charge in [0.25, 0.3) is 0 Å². The molecule has 1 atom stereocenters. The molecule has 0 fully saturated rings. The number of para-hydroxylation sites is 2. The van der Waals surface area contributed by atoms with Gasteiger partial charge in [-0.05, 0) is 123 Å². The fraction of sp³-hybridized carbons (Fsp3) is 0.0204. The van der Waals surface area contributed by atoms with Gasteiger partial charge < -0.3 is 14.5 Å². The fourth-order valence-electron chi connectivity index (χ4n) is 9.25. The molecule has 52 heavy (non-hydrogen) atoms. The molecule has 3 heterocycles. The zero-order valence-corrected chi connectivity index (χ0v) is 28.2. The molecule has 0 spiro atoms. The van der Waals surface area contributed by atoms with Gasteiger partial charge in [-0.3, -0.25) is 0 Å². The van der Waals surface area contributed by atoms with Gasteiger partial charge >= 0.3 is 0 Å². The SMILES string of the molecule is C1=CC2NC=CC3=C2C(=C1)c1cc(-n2c4ccc(-c5ccc6c(c5)c5ccccc5n6-c5ccccc5)cc4c4c5ccccc5ccc42)ccc13. The van der Waals surface area contributed by atoms with Crippen molar-refractivity contribution in [2.45, 2.75) is 6.04 Å². The Hall–Kier alpha value is -6.84. The average molecular weight is 662 g/mol. The second-order valence-corrected chi connectivity index (χ2v) is 14.2. The second kappa shape index (κ2) is 10.3. The molecule has 9 aromatic rings. The zero-order chi connectivity index (χ0) is 33.9. The van der Waals surface area contributed by atoms with Crippen molar-refractivity contribution in [3.05, 3.63) is 193 Å². The van der Waals surface area contributed by atoms with E-state index in [4.69, 9.17) is 0 Å². The summed E-state index contributed by atoms with van der Waals surface area (Å²) in [6.07, 6.45) is 11.1. The van der Waals surface area contributed by atoms with E-state index in [1.165, 1.54) is 105 Å². The Balaban J connectivity index is 1.08. The predicted octanol–water partition coefficient (Wildman–Crippen LogP) is 11.9. The van der Waals surface area contributed by atoms with Crippen LogP contribution in [0.25, 0.3) is 88.0 Å². The van der Waals surface area contributed by atoms with Gasteiger partial charge in [0.2, 0.25) is 0 Å². The standard InChI is InChI=1S/C49H31N3/c1-2-10-33(11-3-1)51-44-16-7-6-13-37(44)41-27-31(18-22-45(41)51)32-19-23-46-42(28-32)49-35-12-5-4-9-30(35)17-24-47(49)52(46)34-20-21-36-39-25-26-50-43-15-8-14-38(48(39)43)40(36)29-34/h1-29,43,50H. The summed E-state index contributed by atoms with van der Waals surface area (Å²) in [6, 6.07) is 54.1. The van der Waals surface area contributed by atoms with E-state index in [9.17, 15) is 0 Å². The molecule has 1 aliphatic heterocycles. The number of nitrogens with one attached hydrogen (secondary N) is 1. The van der Waals surface area contributed by atoms with E-state index in [1.54, 1.807) is 0 Å². The lowest BCUT2D eigenvalue weighted by atomic mass is 9.91. The Morgan fingerprint density at radius 3 is 2.10 bits per heavy atom. The first-order valence-corrected chi connectivity index (χ1v) is 18.1. The minimum Gasteiger partial charge on any atom is -0.381 e. The number of dihydropyridines is 1. The van der Waals surface area contributed by atoms with E-state index >= 15 is 0 Å². The Labute approximate surface area is 300 Å². The van der Waals surface area contributed by atoms with Crippen LogP contribution in [0.15, 0.2) is 182 Å². The van der Waals surface area contributed by atoms with Crippen LogP contribution in [-0.2, 0) is 0 Å². The van der Waals surface area contributed by atoms with Crippen molar-refractivity contribution in [1.82, 2.24) is 14.5 Å². The molecule has 2 aromatic heterocycles. The van der Waals surface area contributed by atoms with Gasteiger partial charge in [-0.15, -0.1) is 0 Å². The summed E-state index contributed by atoms with van der Waals surface area (Å²) < 4.78 is 4.85. The first kappa shape index (κ1) is 27.9. The molecule has 0 saturated carbocycles. The van der Waals surface area contributed by atoms with E-state index in [2.05, 4.69) is 191 Å². The van der Waals surface area contributed by atoms with Crippen LogP contribution in [0, 0.1) is 0 Å². The first-order chi connectivity index (χ1) is 25.8. The maximum absolute atomic E-state index is 3.54. The van der Waals surface area contributed by atoms with Gasteiger partial charge in [-0.25, -0.2) is 0 Å². The number of aromatic nitrogens is 2. The van der Waals surface area contributed by atoms with Crippen molar-refractivity contribution in [1.29, 1.82) is 0 Å². The number of hydrogen-bond acceptors (Lipinski definition) is 1. The largest absolute Gasteiger partial charge is 0.381 e. The van der Waals surface area contributed by atoms with Crippen molar-refractivity contribution >= 4 is 65.5 Å². The van der Waals surface area contributed by atoms with Gasteiger partial charge in [0.15, 0.2) is 0 Å². The molecule has 0 saturated heterocycles. The van der Waals surface area contributed by atoms with Gasteiger partial charge in [0.05, 0.1) is 28.1 Å². The van der Waals surface area contributed by atoms with Crippen LogP contribution in [0.1, 0.15) is 11.1 Å². The summed E-state index contributed by atoms with van der Waals surface area (Å²) in [5.41, 5.74) is 16.3. The quantitative estimate of drug-likeness (QED) is 0.200. The highest BCUT2D eigenvalue weighted by Gasteiger charge is 2.32. The molecule has 242 valence electrons. The number of rotatable bonds is 3. The van der Waals surface area contributed by atoms with Crippen LogP contribution in [0.3, 0.4) is 0 Å². The molecular weight excluding hydrogens is 631 g/mol. The summed E-state index contributed by atoms with van der Waals surface area (Å²) in [5, 5.41) is 11.2. The van der Waals surface area contributed by atoms with E-state index in [1.807, 2.05) is 0 Å². The first-order valence-electron chi connectivity index (χ1n) is 18.1. The second-order valence-electron chi connectivity index (χ2n) is 14.2. The molecule has 3 heteroatoms. The normalized spacial score (nSPS) is 15.9. The lowest BCUT2D eigenvalue weighted by Crippen LogP contribution is -2.27. The van der Waals surface area contributed by atoms with E-state index in [-0.39, 0.29) is 6.04 Å². The van der Waals surface area contributed by atoms with Crippen LogP contribution < -0.4 is 5.32 Å². The van der Waals surface area contributed by atoms with Crippen molar-refractivity contribution < 1.29 is 0 Å². The third kappa shape index (κ3) is 3.74. The molecule has 1 unspecified atom stereocenters. The van der Waals surface area contributed by atoms with Gasteiger partial charge in [0.1, 0.15) is 0 Å². The molecule has 0 radical (unpaired) electrons. The monoisotopic (exact) mass is 661 g/mol. The summed E-state index contributed by atoms with van der Waals surface area (Å²) in [5.74, 6) is 0. The number of hydrogen-bond donors (Lipinski definition) is 1. The number of benzene rings is 7. The van der Waals surface area contributed by atoms with Gasteiger partial charge in [-0.2, -0.15) is 0 Å². The van der Waals surface area contributed by atoms with Crippen LogP contribution >= 0.6 is 0 Å². The highest BCUT2D eigenvalue weighted by molar-refractivity contribution is 6.22. The average Bonchev–Trinajstić information content (AvgIpc) is 3.84. The van der Waals surface area contributed by atoms with Crippen molar-refractivity contribution in [3.8, 4) is 22.5 Å². The Morgan fingerprint density at radius 1 is 0.500 bits per heavy atom. The number of nitrogens with zero attached hydrogens (tertiary/aromatic N) is 2. The fourth-order valence-corrected chi connectivity index (χ4v) is 9.25. The molecule has 0 amide bonds. The molecule has 3 aliphatic rings. The molecule has 12 rings (SSSR count). The van der Waals surface area contributed by atoms with Crippen molar-refractivity contribution in [3.63, 3.8) is 0 Å². The lowest BCUT2D eigenvalue weighted by Gasteiger charge is -2.23. The summed E-state index contributed by atoms with van der Waals surface area (Å²) in [4.78, 5) is 0. The van der Waals surface area contributed by atoms with Crippen LogP contribution in [0.5, 0.6) is 0 Å². The van der Waals surface area contributed by atoms with E-state index in [0.29, 0.717) is 0 Å². The van der Waals surface area contributed by atoms with Crippen LogP contribution in [0.2, 0.25) is 0 Å². The highest BCUT2D eigenvalue weighted by Crippen LogP contribution is 2.48. The molecule has 7 aromatic carbocycles. The van der Waals surface area contributed by atoms with E-state index in [0.717, 1.165) is 0 Å². The van der Waals surface area contributed by atoms with Crippen LogP contribution in [-0.4, -0.2) is 15.2 Å². The summed E-state index contributed by atoms with van der Waals surface area (Å²) in [7, 11) is 0. The Bertz CT molecular complexity index is 3140. The molecule has 1 N–H and O–H groups in total. The lowest BCUT2D eigenvalue weighted by molar-refractivity contribution is 0.806. The summed E-state index contributed by atoms with van der Waals surface area (Å²) >= 11 is 0. The minimum atomic E-state index is 0.225. The predicted molar refractivity (Wildman–Crippen MR) is 218 cm³/mol. The Kier molecular flexibility index (Phi) is 5.56. The van der Waals surface area contributed by atoms with Crippen LogP contribution in [0.4, 0.5) is 0 Å². The van der Waals surface area contributed by atoms with Gasteiger partial charge in [-0.1, -0.05) is 103 Å². The molecule has 2 aliphatic carbocycles. The van der Waals surface area contributed by atoms with Gasteiger partial charge in [0, 0.05) is 32.9 Å². The summed E-state index contributed by atoms with van der Waals surface area (Å²) in [6.45, 7) is 0. The number of fused-ring (bicyclic) bond motifs is 11. The number of allylic oxidation sites excluding steroid dienone is 4.